The maximum Gasteiger partial charge on any atom is 0.0351 e. The molecule has 1 aliphatic heterocycles. The van der Waals surface area contributed by atoms with Crippen molar-refractivity contribution in [3.63, 3.8) is 0 Å². The van der Waals surface area contributed by atoms with Crippen LogP contribution in [0.15, 0.2) is 24.3 Å². The molecular weight excluding hydrogens is 256 g/mol. The van der Waals surface area contributed by atoms with E-state index in [9.17, 15) is 0 Å². The summed E-state index contributed by atoms with van der Waals surface area (Å²) in [6, 6.07) is 11.3. The Morgan fingerprint density at radius 2 is 1.76 bits per heavy atom. The Morgan fingerprint density at radius 3 is 2.52 bits per heavy atom. The fraction of sp³-hybridized carbons (Fsp3) is 0.684. The minimum absolute atomic E-state index is 0.576. The monoisotopic (exact) mass is 284 g/mol. The summed E-state index contributed by atoms with van der Waals surface area (Å²) < 4.78 is 0. The molecule has 1 heterocycles. The summed E-state index contributed by atoms with van der Waals surface area (Å²) in [5, 5.41) is 4.02. The lowest BCUT2D eigenvalue weighted by atomic mass is 9.80. The maximum atomic E-state index is 4.02. The van der Waals surface area contributed by atoms with Gasteiger partial charge in [0.25, 0.3) is 0 Å². The van der Waals surface area contributed by atoms with Gasteiger partial charge in [-0.2, -0.15) is 0 Å². The number of nitrogens with zero attached hydrogens (tertiary/aromatic N) is 1. The van der Waals surface area contributed by atoms with Gasteiger partial charge in [0.2, 0.25) is 0 Å². The Morgan fingerprint density at radius 1 is 1.00 bits per heavy atom. The second-order valence-electron chi connectivity index (χ2n) is 7.40. The standard InChI is InChI=1S/C19H28N2/c1-14-6-7-15-4-2-3-5-18(15)19(14)20-16-10-12-21(13-11-16)17-8-9-17/h2-5,14,16-17,19-20H,6-13H2,1H3. The van der Waals surface area contributed by atoms with Gasteiger partial charge in [-0.3, -0.25) is 0 Å². The van der Waals surface area contributed by atoms with Crippen LogP contribution in [0.5, 0.6) is 0 Å². The Bertz CT molecular complexity index is 486. The summed E-state index contributed by atoms with van der Waals surface area (Å²) in [5.74, 6) is 0.765. The number of hydrogen-bond acceptors (Lipinski definition) is 2. The van der Waals surface area contributed by atoms with Gasteiger partial charge in [0.1, 0.15) is 0 Å². The number of fused-ring (bicyclic) bond motifs is 1. The molecule has 1 saturated carbocycles. The van der Waals surface area contributed by atoms with Crippen molar-refractivity contribution in [2.45, 2.75) is 63.6 Å². The summed E-state index contributed by atoms with van der Waals surface area (Å²) in [5.41, 5.74) is 3.14. The SMILES string of the molecule is CC1CCc2ccccc2C1NC1CCN(C2CC2)CC1. The van der Waals surface area contributed by atoms with Crippen LogP contribution in [0.3, 0.4) is 0 Å². The molecule has 114 valence electrons. The van der Waals surface area contributed by atoms with Crippen molar-refractivity contribution in [1.29, 1.82) is 0 Å². The highest BCUT2D eigenvalue weighted by molar-refractivity contribution is 5.33. The smallest absolute Gasteiger partial charge is 0.0351 e. The van der Waals surface area contributed by atoms with Crippen LogP contribution in [0.4, 0.5) is 0 Å². The van der Waals surface area contributed by atoms with E-state index in [1.54, 1.807) is 11.1 Å². The molecule has 2 unspecified atom stereocenters. The van der Waals surface area contributed by atoms with Crippen LogP contribution < -0.4 is 5.32 Å². The molecule has 2 atom stereocenters. The van der Waals surface area contributed by atoms with Crippen LogP contribution in [0.2, 0.25) is 0 Å². The number of nitrogens with one attached hydrogen (secondary N) is 1. The average Bonchev–Trinajstić information content (AvgIpc) is 3.36. The predicted molar refractivity (Wildman–Crippen MR) is 87.4 cm³/mol. The highest BCUT2D eigenvalue weighted by Crippen LogP contribution is 2.35. The summed E-state index contributed by atoms with van der Waals surface area (Å²) >= 11 is 0. The average molecular weight is 284 g/mol. The van der Waals surface area contributed by atoms with Gasteiger partial charge >= 0.3 is 0 Å². The molecule has 2 nitrogen and oxygen atoms in total. The predicted octanol–water partition coefficient (Wildman–Crippen LogP) is 3.53. The third-order valence-corrected chi connectivity index (χ3v) is 5.84. The molecule has 0 bridgehead atoms. The van der Waals surface area contributed by atoms with E-state index in [0.717, 1.165) is 18.0 Å². The fourth-order valence-corrected chi connectivity index (χ4v) is 4.30. The number of aryl methyl sites for hydroxylation is 1. The molecule has 0 radical (unpaired) electrons. The summed E-state index contributed by atoms with van der Waals surface area (Å²) in [6.07, 6.45) is 8.16. The zero-order chi connectivity index (χ0) is 14.2. The highest BCUT2D eigenvalue weighted by Gasteiger charge is 2.33. The zero-order valence-corrected chi connectivity index (χ0v) is 13.2. The van der Waals surface area contributed by atoms with Crippen molar-refractivity contribution < 1.29 is 0 Å². The molecule has 4 rings (SSSR count). The Balaban J connectivity index is 1.42. The van der Waals surface area contributed by atoms with Gasteiger partial charge in [-0.1, -0.05) is 31.2 Å². The van der Waals surface area contributed by atoms with Crippen LogP contribution >= 0.6 is 0 Å². The molecule has 2 fully saturated rings. The number of piperidine rings is 1. The van der Waals surface area contributed by atoms with E-state index in [-0.39, 0.29) is 0 Å². The minimum Gasteiger partial charge on any atom is -0.307 e. The highest BCUT2D eigenvalue weighted by atomic mass is 15.2. The molecule has 0 spiro atoms. The molecule has 0 aromatic heterocycles. The van der Waals surface area contributed by atoms with Crippen LogP contribution in [0.25, 0.3) is 0 Å². The normalized spacial score (nSPS) is 31.1. The van der Waals surface area contributed by atoms with Crippen molar-refractivity contribution in [3.8, 4) is 0 Å². The van der Waals surface area contributed by atoms with E-state index in [1.165, 1.54) is 51.6 Å². The number of hydrogen-bond donors (Lipinski definition) is 1. The van der Waals surface area contributed by atoms with Crippen LogP contribution in [0, 0.1) is 5.92 Å². The molecule has 2 heteroatoms. The van der Waals surface area contributed by atoms with Crippen molar-refractivity contribution in [3.05, 3.63) is 35.4 Å². The second-order valence-corrected chi connectivity index (χ2v) is 7.40. The number of rotatable bonds is 3. The lowest BCUT2D eigenvalue weighted by Gasteiger charge is -2.38. The van der Waals surface area contributed by atoms with E-state index in [2.05, 4.69) is 41.4 Å². The van der Waals surface area contributed by atoms with Crippen LogP contribution in [0.1, 0.15) is 56.2 Å². The van der Waals surface area contributed by atoms with Crippen molar-refractivity contribution in [2.75, 3.05) is 13.1 Å². The van der Waals surface area contributed by atoms with E-state index < -0.39 is 0 Å². The van der Waals surface area contributed by atoms with Gasteiger partial charge in [0, 0.05) is 18.1 Å². The minimum atomic E-state index is 0.576. The molecular formula is C19H28N2. The van der Waals surface area contributed by atoms with Crippen LogP contribution in [-0.2, 0) is 6.42 Å². The lowest BCUT2D eigenvalue weighted by molar-refractivity contribution is 0.173. The topological polar surface area (TPSA) is 15.3 Å². The molecule has 1 saturated heterocycles. The van der Waals surface area contributed by atoms with Gasteiger partial charge in [-0.15, -0.1) is 0 Å². The first-order valence-electron chi connectivity index (χ1n) is 8.89. The summed E-state index contributed by atoms with van der Waals surface area (Å²) in [6.45, 7) is 5.04. The van der Waals surface area contributed by atoms with Crippen molar-refractivity contribution in [2.24, 2.45) is 5.92 Å². The van der Waals surface area contributed by atoms with E-state index in [0.29, 0.717) is 6.04 Å². The van der Waals surface area contributed by atoms with Crippen LogP contribution in [-0.4, -0.2) is 30.1 Å². The van der Waals surface area contributed by atoms with Gasteiger partial charge in [-0.05, 0) is 68.7 Å². The molecule has 1 aromatic rings. The largest absolute Gasteiger partial charge is 0.307 e. The first kappa shape index (κ1) is 13.8. The number of benzene rings is 1. The Hall–Kier alpha value is -0.860. The maximum absolute atomic E-state index is 4.02. The Labute approximate surface area is 128 Å². The second kappa shape index (κ2) is 5.73. The fourth-order valence-electron chi connectivity index (χ4n) is 4.30. The third kappa shape index (κ3) is 2.89. The van der Waals surface area contributed by atoms with Gasteiger partial charge in [0.15, 0.2) is 0 Å². The quantitative estimate of drug-likeness (QED) is 0.913. The molecule has 1 aromatic carbocycles. The van der Waals surface area contributed by atoms with E-state index >= 15 is 0 Å². The summed E-state index contributed by atoms with van der Waals surface area (Å²) in [7, 11) is 0. The summed E-state index contributed by atoms with van der Waals surface area (Å²) in [4.78, 5) is 2.72. The van der Waals surface area contributed by atoms with Gasteiger partial charge < -0.3 is 10.2 Å². The van der Waals surface area contributed by atoms with Gasteiger partial charge in [-0.25, -0.2) is 0 Å². The zero-order valence-electron chi connectivity index (χ0n) is 13.2. The third-order valence-electron chi connectivity index (χ3n) is 5.84. The number of likely N-dealkylation sites (tertiary alicyclic amines) is 1. The van der Waals surface area contributed by atoms with Crippen molar-refractivity contribution in [1.82, 2.24) is 10.2 Å². The van der Waals surface area contributed by atoms with E-state index in [1.807, 2.05) is 0 Å². The van der Waals surface area contributed by atoms with Gasteiger partial charge in [0.05, 0.1) is 0 Å². The first-order valence-corrected chi connectivity index (χ1v) is 8.89. The first-order chi connectivity index (χ1) is 10.3. The van der Waals surface area contributed by atoms with Crippen molar-refractivity contribution >= 4 is 0 Å². The Kier molecular flexibility index (Phi) is 3.76. The molecule has 2 aliphatic carbocycles. The molecule has 3 aliphatic rings. The lowest BCUT2D eigenvalue weighted by Crippen LogP contribution is -2.46. The molecule has 0 amide bonds. The molecule has 21 heavy (non-hydrogen) atoms. The molecule has 1 N–H and O–H groups in total. The van der Waals surface area contributed by atoms with E-state index in [4.69, 9.17) is 0 Å².